The number of carbonyl (C=O) groups excluding carboxylic acids is 1. The first-order valence-electron chi connectivity index (χ1n) is 7.13. The Balaban J connectivity index is 2.02. The quantitative estimate of drug-likeness (QED) is 0.776. The summed E-state index contributed by atoms with van der Waals surface area (Å²) < 4.78 is 51.2. The fourth-order valence-electron chi connectivity index (χ4n) is 2.32. The second-order valence-electron chi connectivity index (χ2n) is 5.53. The molecule has 0 saturated carbocycles. The lowest BCUT2D eigenvalue weighted by Gasteiger charge is -2.11. The van der Waals surface area contributed by atoms with E-state index >= 15 is 0 Å². The van der Waals surface area contributed by atoms with E-state index in [1.54, 1.807) is 12.1 Å². The largest absolute Gasteiger partial charge is 0.416 e. The van der Waals surface area contributed by atoms with Crippen LogP contribution in [0.2, 0.25) is 0 Å². The van der Waals surface area contributed by atoms with Crippen molar-refractivity contribution in [3.05, 3.63) is 64.5 Å². The fourth-order valence-corrected chi connectivity index (χ4v) is 2.32. The van der Waals surface area contributed by atoms with Gasteiger partial charge in [0.25, 0.3) is 0 Å². The standard InChI is InChI=1S/C17H16F4N2O/c1-10-3-11(2)5-15(4-10)23-16(24)22-9-12-6-13(17(19,20)21)8-14(18)7-12/h3-8H,9H2,1-2H3,(H2,22,23,24). The topological polar surface area (TPSA) is 41.1 Å². The van der Waals surface area contributed by atoms with E-state index in [1.165, 1.54) is 0 Å². The van der Waals surface area contributed by atoms with Crippen LogP contribution >= 0.6 is 0 Å². The fraction of sp³-hybridized carbons (Fsp3) is 0.235. The summed E-state index contributed by atoms with van der Waals surface area (Å²) >= 11 is 0. The zero-order valence-corrected chi connectivity index (χ0v) is 13.1. The number of amides is 2. The van der Waals surface area contributed by atoms with Crippen molar-refractivity contribution >= 4 is 11.7 Å². The summed E-state index contributed by atoms with van der Waals surface area (Å²) in [6.45, 7) is 3.53. The maximum absolute atomic E-state index is 13.3. The number of urea groups is 1. The molecular formula is C17H16F4N2O. The number of hydrogen-bond acceptors (Lipinski definition) is 1. The van der Waals surface area contributed by atoms with Gasteiger partial charge in [-0.15, -0.1) is 0 Å². The van der Waals surface area contributed by atoms with Crippen LogP contribution in [0.15, 0.2) is 36.4 Å². The number of rotatable bonds is 3. The van der Waals surface area contributed by atoms with Gasteiger partial charge in [-0.1, -0.05) is 6.07 Å². The lowest BCUT2D eigenvalue weighted by molar-refractivity contribution is -0.137. The molecule has 7 heteroatoms. The number of aryl methyl sites for hydroxylation is 2. The first-order chi connectivity index (χ1) is 11.1. The van der Waals surface area contributed by atoms with Gasteiger partial charge in [0.05, 0.1) is 5.56 Å². The van der Waals surface area contributed by atoms with Crippen molar-refractivity contribution in [3.63, 3.8) is 0 Å². The van der Waals surface area contributed by atoms with Crippen LogP contribution in [0.4, 0.5) is 28.0 Å². The molecule has 0 unspecified atom stereocenters. The van der Waals surface area contributed by atoms with Gasteiger partial charge in [-0.3, -0.25) is 0 Å². The molecule has 0 aliphatic rings. The van der Waals surface area contributed by atoms with E-state index in [1.807, 2.05) is 19.9 Å². The zero-order chi connectivity index (χ0) is 17.9. The van der Waals surface area contributed by atoms with E-state index < -0.39 is 23.6 Å². The smallest absolute Gasteiger partial charge is 0.334 e. The highest BCUT2D eigenvalue weighted by Gasteiger charge is 2.31. The van der Waals surface area contributed by atoms with Gasteiger partial charge in [0, 0.05) is 12.2 Å². The molecule has 0 spiro atoms. The van der Waals surface area contributed by atoms with E-state index in [2.05, 4.69) is 10.6 Å². The van der Waals surface area contributed by atoms with Crippen LogP contribution in [0.3, 0.4) is 0 Å². The zero-order valence-electron chi connectivity index (χ0n) is 13.1. The Kier molecular flexibility index (Phi) is 5.11. The molecule has 2 N–H and O–H groups in total. The minimum Gasteiger partial charge on any atom is -0.334 e. The van der Waals surface area contributed by atoms with Crippen LogP contribution in [-0.2, 0) is 12.7 Å². The van der Waals surface area contributed by atoms with Crippen molar-refractivity contribution in [3.8, 4) is 0 Å². The van der Waals surface area contributed by atoms with Gasteiger partial charge in [0.1, 0.15) is 5.82 Å². The average molecular weight is 340 g/mol. The average Bonchev–Trinajstić information content (AvgIpc) is 2.42. The molecule has 3 nitrogen and oxygen atoms in total. The van der Waals surface area contributed by atoms with Crippen molar-refractivity contribution in [2.24, 2.45) is 0 Å². The molecule has 2 rings (SSSR count). The number of carbonyl (C=O) groups is 1. The Morgan fingerprint density at radius 2 is 1.62 bits per heavy atom. The summed E-state index contributed by atoms with van der Waals surface area (Å²) in [5.74, 6) is -1.00. The molecule has 0 aliphatic heterocycles. The van der Waals surface area contributed by atoms with Crippen LogP contribution in [0, 0.1) is 19.7 Å². The molecule has 0 atom stereocenters. The lowest BCUT2D eigenvalue weighted by atomic mass is 10.1. The van der Waals surface area contributed by atoms with Gasteiger partial charge < -0.3 is 10.6 Å². The van der Waals surface area contributed by atoms with E-state index in [0.717, 1.165) is 23.3 Å². The van der Waals surface area contributed by atoms with Crippen LogP contribution in [0.1, 0.15) is 22.3 Å². The van der Waals surface area contributed by atoms with E-state index in [9.17, 15) is 22.4 Å². The van der Waals surface area contributed by atoms with Crippen molar-refractivity contribution in [1.82, 2.24) is 5.32 Å². The predicted molar refractivity (Wildman–Crippen MR) is 83.2 cm³/mol. The highest BCUT2D eigenvalue weighted by Crippen LogP contribution is 2.30. The molecule has 0 fully saturated rings. The molecule has 0 aromatic heterocycles. The van der Waals surface area contributed by atoms with Gasteiger partial charge >= 0.3 is 12.2 Å². The minimum atomic E-state index is -4.64. The number of anilines is 1. The second kappa shape index (κ2) is 6.90. The number of benzene rings is 2. The van der Waals surface area contributed by atoms with Crippen molar-refractivity contribution in [2.45, 2.75) is 26.6 Å². The SMILES string of the molecule is Cc1cc(C)cc(NC(=O)NCc2cc(F)cc(C(F)(F)F)c2)c1. The molecule has 0 bridgehead atoms. The third-order valence-electron chi connectivity index (χ3n) is 3.22. The Morgan fingerprint density at radius 1 is 1.00 bits per heavy atom. The molecule has 0 saturated heterocycles. The van der Waals surface area contributed by atoms with Gasteiger partial charge in [-0.05, 0) is 60.9 Å². The van der Waals surface area contributed by atoms with Crippen LogP contribution in [-0.4, -0.2) is 6.03 Å². The van der Waals surface area contributed by atoms with Gasteiger partial charge in [0.15, 0.2) is 0 Å². The van der Waals surface area contributed by atoms with Crippen molar-refractivity contribution in [2.75, 3.05) is 5.32 Å². The summed E-state index contributed by atoms with van der Waals surface area (Å²) in [6, 6.07) is 7.05. The molecule has 2 amide bonds. The van der Waals surface area contributed by atoms with Gasteiger partial charge in [-0.25, -0.2) is 9.18 Å². The molecular weight excluding hydrogens is 324 g/mol. The highest BCUT2D eigenvalue weighted by molar-refractivity contribution is 5.89. The number of hydrogen-bond donors (Lipinski definition) is 2. The predicted octanol–water partition coefficient (Wildman–Crippen LogP) is 4.78. The second-order valence-corrected chi connectivity index (χ2v) is 5.53. The summed E-state index contributed by atoms with van der Waals surface area (Å²) in [7, 11) is 0. The number of alkyl halides is 3. The van der Waals surface area contributed by atoms with Crippen molar-refractivity contribution in [1.29, 1.82) is 0 Å². The summed E-state index contributed by atoms with van der Waals surface area (Å²) in [4.78, 5) is 11.8. The van der Waals surface area contributed by atoms with Crippen LogP contribution in [0.5, 0.6) is 0 Å². The number of halogens is 4. The minimum absolute atomic E-state index is 0.0258. The Labute approximate surface area is 136 Å². The molecule has 128 valence electrons. The van der Waals surface area contributed by atoms with Crippen LogP contribution < -0.4 is 10.6 Å². The Hall–Kier alpha value is -2.57. The van der Waals surface area contributed by atoms with E-state index in [4.69, 9.17) is 0 Å². The van der Waals surface area contributed by atoms with Crippen molar-refractivity contribution < 1.29 is 22.4 Å². The number of nitrogens with one attached hydrogen (secondary N) is 2. The van der Waals surface area contributed by atoms with Crippen LogP contribution in [0.25, 0.3) is 0 Å². The normalized spacial score (nSPS) is 11.2. The monoisotopic (exact) mass is 340 g/mol. The Morgan fingerprint density at radius 3 is 2.21 bits per heavy atom. The summed E-state index contributed by atoms with van der Waals surface area (Å²) in [5, 5.41) is 5.00. The summed E-state index contributed by atoms with van der Waals surface area (Å²) in [5.41, 5.74) is 1.43. The van der Waals surface area contributed by atoms with Gasteiger partial charge in [-0.2, -0.15) is 13.2 Å². The molecule has 0 radical (unpaired) electrons. The molecule has 0 heterocycles. The molecule has 24 heavy (non-hydrogen) atoms. The highest BCUT2D eigenvalue weighted by atomic mass is 19.4. The molecule has 2 aromatic carbocycles. The molecule has 2 aromatic rings. The first kappa shape index (κ1) is 17.8. The Bertz CT molecular complexity index is 736. The summed E-state index contributed by atoms with van der Waals surface area (Å²) in [6.07, 6.45) is -4.64. The third kappa shape index (κ3) is 4.97. The third-order valence-corrected chi connectivity index (χ3v) is 3.22. The maximum Gasteiger partial charge on any atom is 0.416 e. The first-order valence-corrected chi connectivity index (χ1v) is 7.13. The van der Waals surface area contributed by atoms with E-state index in [-0.39, 0.29) is 12.1 Å². The maximum atomic E-state index is 13.3. The van der Waals surface area contributed by atoms with E-state index in [0.29, 0.717) is 11.8 Å². The van der Waals surface area contributed by atoms with Gasteiger partial charge in [0.2, 0.25) is 0 Å². The molecule has 0 aliphatic carbocycles. The lowest BCUT2D eigenvalue weighted by Crippen LogP contribution is -2.28.